The summed E-state index contributed by atoms with van der Waals surface area (Å²) >= 11 is 6.62. The molecule has 33 heavy (non-hydrogen) atoms. The maximum atomic E-state index is 13.5. The van der Waals surface area contributed by atoms with E-state index < -0.39 is 11.5 Å². The predicted molar refractivity (Wildman–Crippen MR) is 125 cm³/mol. The molecule has 7 heteroatoms. The average Bonchev–Trinajstić information content (AvgIpc) is 2.75. The number of rotatable bonds is 5. The summed E-state index contributed by atoms with van der Waals surface area (Å²) in [7, 11) is 0. The molecule has 170 valence electrons. The summed E-state index contributed by atoms with van der Waals surface area (Å²) in [6.45, 7) is 0. The number of carboxylic acid groups (broad SMARTS) is 1. The van der Waals surface area contributed by atoms with Gasteiger partial charge in [0, 0.05) is 17.0 Å². The number of nitrogens with one attached hydrogen (secondary N) is 1. The van der Waals surface area contributed by atoms with Crippen LogP contribution in [0.15, 0.2) is 53.5 Å². The minimum absolute atomic E-state index is 0.0605. The number of carboxylic acids is 1. The number of nitrogens with zero attached hydrogens (tertiary/aromatic N) is 2. The largest absolute Gasteiger partial charge is 0.550 e. The lowest BCUT2D eigenvalue weighted by Crippen LogP contribution is -2.60. The maximum Gasteiger partial charge on any atom is 0.288 e. The van der Waals surface area contributed by atoms with E-state index in [0.717, 1.165) is 48.6 Å². The topological polar surface area (TPSA) is 87.0 Å². The van der Waals surface area contributed by atoms with Crippen LogP contribution < -0.4 is 16.0 Å². The van der Waals surface area contributed by atoms with E-state index in [1.54, 1.807) is 10.9 Å². The lowest BCUT2D eigenvalue weighted by Gasteiger charge is -2.62. The van der Waals surface area contributed by atoms with Crippen molar-refractivity contribution in [3.63, 3.8) is 0 Å². The summed E-state index contributed by atoms with van der Waals surface area (Å²) in [5.74, 6) is -0.154. The SMILES string of the molecule is O=C([O-])CC12C[C@H]3C[C@@H](C1)CC(n1ncc(Nc4cccc5ccccc45)c(Cl)c1=O)(C3)C2. The van der Waals surface area contributed by atoms with E-state index in [1.165, 1.54) is 0 Å². The van der Waals surface area contributed by atoms with Crippen LogP contribution in [0.4, 0.5) is 11.4 Å². The van der Waals surface area contributed by atoms with Crippen molar-refractivity contribution in [1.82, 2.24) is 9.78 Å². The number of halogens is 1. The van der Waals surface area contributed by atoms with Gasteiger partial charge in [0.05, 0.1) is 17.4 Å². The highest BCUT2D eigenvalue weighted by Gasteiger charge is 2.59. The van der Waals surface area contributed by atoms with E-state index in [-0.39, 0.29) is 22.4 Å². The first kappa shape index (κ1) is 20.7. The molecule has 0 aliphatic heterocycles. The number of carbonyl (C=O) groups excluding carboxylic acids is 1. The minimum atomic E-state index is -1.000. The van der Waals surface area contributed by atoms with Gasteiger partial charge in [-0.15, -0.1) is 0 Å². The van der Waals surface area contributed by atoms with Crippen molar-refractivity contribution in [2.24, 2.45) is 17.3 Å². The van der Waals surface area contributed by atoms with Crippen molar-refractivity contribution in [2.75, 3.05) is 5.32 Å². The summed E-state index contributed by atoms with van der Waals surface area (Å²) in [6, 6.07) is 14.0. The molecule has 4 atom stereocenters. The first-order valence-corrected chi connectivity index (χ1v) is 12.0. The average molecular weight is 463 g/mol. The molecule has 0 saturated heterocycles. The molecule has 7 rings (SSSR count). The van der Waals surface area contributed by atoms with Crippen LogP contribution in [-0.4, -0.2) is 15.7 Å². The van der Waals surface area contributed by atoms with E-state index in [0.29, 0.717) is 23.9 Å². The molecule has 3 aromatic rings. The van der Waals surface area contributed by atoms with Gasteiger partial charge in [0.2, 0.25) is 0 Å². The number of benzene rings is 2. The van der Waals surface area contributed by atoms with E-state index in [9.17, 15) is 14.7 Å². The molecule has 6 nitrogen and oxygen atoms in total. The first-order valence-electron chi connectivity index (χ1n) is 11.6. The smallest absolute Gasteiger partial charge is 0.288 e. The fourth-order valence-corrected chi connectivity index (χ4v) is 7.68. The number of carbonyl (C=O) groups is 1. The Kier molecular flexibility index (Phi) is 4.60. The highest BCUT2D eigenvalue weighted by atomic mass is 35.5. The van der Waals surface area contributed by atoms with Crippen molar-refractivity contribution >= 4 is 39.7 Å². The molecule has 1 N–H and O–H groups in total. The summed E-state index contributed by atoms with van der Waals surface area (Å²) in [5, 5.41) is 21.7. The van der Waals surface area contributed by atoms with Crippen molar-refractivity contribution in [2.45, 2.75) is 50.5 Å². The quantitative estimate of drug-likeness (QED) is 0.613. The van der Waals surface area contributed by atoms with Crippen LogP contribution in [0.1, 0.15) is 44.9 Å². The first-order chi connectivity index (χ1) is 15.9. The summed E-state index contributed by atoms with van der Waals surface area (Å²) in [5.41, 5.74) is 0.266. The highest BCUT2D eigenvalue weighted by molar-refractivity contribution is 6.33. The van der Waals surface area contributed by atoms with Gasteiger partial charge in [0.15, 0.2) is 0 Å². The van der Waals surface area contributed by atoms with Crippen LogP contribution in [0.5, 0.6) is 0 Å². The zero-order valence-electron chi connectivity index (χ0n) is 18.2. The Morgan fingerprint density at radius 2 is 1.82 bits per heavy atom. The third-order valence-corrected chi connectivity index (χ3v) is 8.46. The molecule has 1 aromatic heterocycles. The van der Waals surface area contributed by atoms with Crippen LogP contribution >= 0.6 is 11.6 Å². The lowest BCUT2D eigenvalue weighted by atomic mass is 9.46. The number of aliphatic carboxylic acids is 1. The van der Waals surface area contributed by atoms with Crippen molar-refractivity contribution < 1.29 is 9.90 Å². The Bertz CT molecular complexity index is 1310. The Morgan fingerprint density at radius 3 is 2.58 bits per heavy atom. The molecule has 2 aromatic carbocycles. The molecule has 4 fully saturated rings. The van der Waals surface area contributed by atoms with E-state index >= 15 is 0 Å². The fraction of sp³-hybridized carbons (Fsp3) is 0.423. The minimum Gasteiger partial charge on any atom is -0.550 e. The van der Waals surface area contributed by atoms with Crippen LogP contribution in [0.2, 0.25) is 5.02 Å². The van der Waals surface area contributed by atoms with Crippen molar-refractivity contribution in [1.29, 1.82) is 0 Å². The molecule has 0 radical (unpaired) electrons. The highest BCUT2D eigenvalue weighted by Crippen LogP contribution is 2.64. The Labute approximate surface area is 196 Å². The fourth-order valence-electron chi connectivity index (χ4n) is 7.50. The van der Waals surface area contributed by atoms with Gasteiger partial charge in [-0.1, -0.05) is 48.0 Å². The number of aromatic nitrogens is 2. The van der Waals surface area contributed by atoms with Gasteiger partial charge >= 0.3 is 0 Å². The molecule has 0 spiro atoms. The van der Waals surface area contributed by atoms with E-state index in [2.05, 4.69) is 10.4 Å². The van der Waals surface area contributed by atoms with E-state index in [4.69, 9.17) is 11.6 Å². The molecular weight excluding hydrogens is 438 g/mol. The summed E-state index contributed by atoms with van der Waals surface area (Å²) in [6.07, 6.45) is 6.99. The normalized spacial score (nSPS) is 30.0. The van der Waals surface area contributed by atoms with Crippen LogP contribution in [0.25, 0.3) is 10.8 Å². The van der Waals surface area contributed by atoms with Gasteiger partial charge in [-0.05, 0) is 73.6 Å². The zero-order valence-corrected chi connectivity index (χ0v) is 19.0. The van der Waals surface area contributed by atoms with Gasteiger partial charge in [-0.3, -0.25) is 4.79 Å². The molecule has 0 amide bonds. The second-order valence-corrected chi connectivity index (χ2v) is 10.9. The second kappa shape index (κ2) is 7.32. The summed E-state index contributed by atoms with van der Waals surface area (Å²) in [4.78, 5) is 25.0. The number of anilines is 2. The Balaban J connectivity index is 1.37. The monoisotopic (exact) mass is 462 g/mol. The van der Waals surface area contributed by atoms with Gasteiger partial charge in [-0.2, -0.15) is 5.10 Å². The van der Waals surface area contributed by atoms with Gasteiger partial charge in [0.25, 0.3) is 5.56 Å². The van der Waals surface area contributed by atoms with Gasteiger partial charge in [0.1, 0.15) is 5.02 Å². The molecule has 4 aliphatic carbocycles. The van der Waals surface area contributed by atoms with Crippen LogP contribution in [0.3, 0.4) is 0 Å². The molecule has 1 heterocycles. The number of hydrogen-bond donors (Lipinski definition) is 1. The second-order valence-electron chi connectivity index (χ2n) is 10.5. The predicted octanol–water partition coefficient (Wildman–Crippen LogP) is 4.23. The lowest BCUT2D eigenvalue weighted by molar-refractivity contribution is -0.310. The van der Waals surface area contributed by atoms with Crippen LogP contribution in [0, 0.1) is 17.3 Å². The molecule has 2 unspecified atom stereocenters. The molecule has 4 saturated carbocycles. The van der Waals surface area contributed by atoms with Gasteiger partial charge in [-0.25, -0.2) is 4.68 Å². The number of fused-ring (bicyclic) bond motifs is 1. The number of hydrogen-bond acceptors (Lipinski definition) is 5. The van der Waals surface area contributed by atoms with Crippen molar-refractivity contribution in [3.05, 3.63) is 64.0 Å². The standard InChI is InChI=1S/C26H26ClN3O3/c27-23-21(29-20-7-3-5-18-4-1-2-6-19(18)20)14-28-30(24(23)33)26-11-16-8-17(12-26)10-25(9-16,15-26)13-22(31)32/h1-7,14,16-17,29H,8-13,15H2,(H,31,32)/p-1/t16-,17+,25?,26?. The third kappa shape index (κ3) is 3.34. The third-order valence-electron chi connectivity index (χ3n) is 8.10. The van der Waals surface area contributed by atoms with Crippen LogP contribution in [-0.2, 0) is 10.3 Å². The molecular formula is C26H25ClN3O3-. The van der Waals surface area contributed by atoms with E-state index in [1.807, 2.05) is 42.5 Å². The Morgan fingerprint density at radius 1 is 1.09 bits per heavy atom. The zero-order chi connectivity index (χ0) is 22.8. The summed E-state index contributed by atoms with van der Waals surface area (Å²) < 4.78 is 1.57. The van der Waals surface area contributed by atoms with Gasteiger partial charge < -0.3 is 15.2 Å². The molecule has 4 aliphatic rings. The Hall–Kier alpha value is -2.86. The maximum absolute atomic E-state index is 13.5. The van der Waals surface area contributed by atoms with Crippen molar-refractivity contribution in [3.8, 4) is 0 Å². The molecule has 4 bridgehead atoms.